The largest absolute Gasteiger partial charge is 0.397 e. The molecule has 0 atom stereocenters. The highest BCUT2D eigenvalue weighted by Crippen LogP contribution is 2.40. The van der Waals surface area contributed by atoms with Crippen LogP contribution in [0.2, 0.25) is 0 Å². The van der Waals surface area contributed by atoms with Gasteiger partial charge < -0.3 is 16.4 Å². The molecule has 4 rings (SSSR count). The van der Waals surface area contributed by atoms with Crippen LogP contribution in [0.5, 0.6) is 0 Å². The van der Waals surface area contributed by atoms with Crippen molar-refractivity contribution < 1.29 is 9.59 Å². The zero-order valence-corrected chi connectivity index (χ0v) is 20.6. The molecular weight excluding hydrogens is 470 g/mol. The number of nitrogens with zero attached hydrogens (tertiary/aromatic N) is 2. The van der Waals surface area contributed by atoms with E-state index in [0.29, 0.717) is 38.0 Å². The van der Waals surface area contributed by atoms with Crippen molar-refractivity contribution in [2.24, 2.45) is 0 Å². The Morgan fingerprint density at radius 1 is 1.03 bits per heavy atom. The van der Waals surface area contributed by atoms with Crippen molar-refractivity contribution in [2.75, 3.05) is 16.9 Å². The first-order valence-electron chi connectivity index (χ1n) is 10.6. The molecule has 0 aliphatic rings. The van der Waals surface area contributed by atoms with E-state index in [0.717, 1.165) is 11.1 Å². The van der Waals surface area contributed by atoms with E-state index >= 15 is 0 Å². The van der Waals surface area contributed by atoms with Crippen molar-refractivity contribution >= 4 is 56.3 Å². The summed E-state index contributed by atoms with van der Waals surface area (Å²) in [7, 11) is 0. The summed E-state index contributed by atoms with van der Waals surface area (Å²) in [5.41, 5.74) is 9.14. The van der Waals surface area contributed by atoms with Crippen molar-refractivity contribution in [3.63, 3.8) is 0 Å². The van der Waals surface area contributed by atoms with Gasteiger partial charge in [-0.3, -0.25) is 9.59 Å². The zero-order chi connectivity index (χ0) is 24.5. The first kappa shape index (κ1) is 23.7. The highest BCUT2D eigenvalue weighted by molar-refractivity contribution is 7.21. The minimum absolute atomic E-state index is 0.149. The van der Waals surface area contributed by atoms with Crippen LogP contribution >= 0.6 is 22.9 Å². The Labute approximate surface area is 206 Å². The molecule has 4 N–H and O–H groups in total. The van der Waals surface area contributed by atoms with Gasteiger partial charge in [-0.05, 0) is 32.9 Å². The van der Waals surface area contributed by atoms with E-state index in [4.69, 9.17) is 27.3 Å². The van der Waals surface area contributed by atoms with Gasteiger partial charge in [0.2, 0.25) is 5.91 Å². The lowest BCUT2D eigenvalue weighted by molar-refractivity contribution is -0.113. The number of halogens is 1. The predicted octanol–water partition coefficient (Wildman–Crippen LogP) is 5.31. The Hall–Kier alpha value is -3.49. The Balaban J connectivity index is 1.93. The van der Waals surface area contributed by atoms with Gasteiger partial charge in [-0.1, -0.05) is 42.5 Å². The summed E-state index contributed by atoms with van der Waals surface area (Å²) in [5.74, 6) is -0.206. The number of amides is 2. The topological polar surface area (TPSA) is 110 Å². The molecule has 0 aliphatic carbocycles. The summed E-state index contributed by atoms with van der Waals surface area (Å²) in [6.07, 6.45) is 0. The fourth-order valence-electron chi connectivity index (χ4n) is 3.45. The maximum atomic E-state index is 13.0. The SMILES string of the molecule is CC(C)(C)NC(=O)c1sc2nc(-c3ccccc3)nc(-c3cccc(NC(=O)CCl)c3)c2c1N. The smallest absolute Gasteiger partial charge is 0.263 e. The van der Waals surface area contributed by atoms with Crippen LogP contribution < -0.4 is 16.4 Å². The van der Waals surface area contributed by atoms with E-state index in [-0.39, 0.29) is 17.7 Å². The molecule has 2 heterocycles. The van der Waals surface area contributed by atoms with Gasteiger partial charge in [0.1, 0.15) is 15.6 Å². The second-order valence-electron chi connectivity index (χ2n) is 8.75. The summed E-state index contributed by atoms with van der Waals surface area (Å²) in [5, 5.41) is 6.32. The average Bonchev–Trinajstić information content (AvgIpc) is 3.14. The molecule has 2 amide bonds. The van der Waals surface area contributed by atoms with Crippen molar-refractivity contribution in [2.45, 2.75) is 26.3 Å². The van der Waals surface area contributed by atoms with Crippen LogP contribution in [0.1, 0.15) is 30.4 Å². The summed E-state index contributed by atoms with van der Waals surface area (Å²) in [6.45, 7) is 5.73. The highest BCUT2D eigenvalue weighted by atomic mass is 35.5. The fraction of sp³-hybridized carbons (Fsp3) is 0.200. The number of carbonyl (C=O) groups is 2. The van der Waals surface area contributed by atoms with Gasteiger partial charge in [-0.15, -0.1) is 22.9 Å². The van der Waals surface area contributed by atoms with Gasteiger partial charge in [0.05, 0.1) is 16.8 Å². The van der Waals surface area contributed by atoms with E-state index in [1.807, 2.05) is 63.2 Å². The molecule has 7 nitrogen and oxygen atoms in total. The number of hydrogen-bond donors (Lipinski definition) is 3. The van der Waals surface area contributed by atoms with Crippen molar-refractivity contribution in [1.29, 1.82) is 0 Å². The average molecular weight is 494 g/mol. The first-order valence-corrected chi connectivity index (χ1v) is 12.0. The van der Waals surface area contributed by atoms with Gasteiger partial charge in [0.15, 0.2) is 5.82 Å². The molecular formula is C25H24ClN5O2S. The molecule has 2 aromatic carbocycles. The number of rotatable bonds is 5. The van der Waals surface area contributed by atoms with Crippen LogP contribution in [-0.4, -0.2) is 33.2 Å². The minimum Gasteiger partial charge on any atom is -0.397 e. The molecule has 9 heteroatoms. The third kappa shape index (κ3) is 5.03. The number of alkyl halides is 1. The van der Waals surface area contributed by atoms with E-state index < -0.39 is 5.54 Å². The number of carbonyl (C=O) groups excluding carboxylic acids is 2. The molecule has 0 bridgehead atoms. The van der Waals surface area contributed by atoms with Crippen molar-refractivity contribution in [3.8, 4) is 22.6 Å². The van der Waals surface area contributed by atoms with Gasteiger partial charge in [0, 0.05) is 22.4 Å². The van der Waals surface area contributed by atoms with Crippen LogP contribution in [-0.2, 0) is 4.79 Å². The number of nitrogens with two attached hydrogens (primary N) is 1. The molecule has 0 fully saturated rings. The quantitative estimate of drug-likeness (QED) is 0.326. The Morgan fingerprint density at radius 2 is 1.74 bits per heavy atom. The lowest BCUT2D eigenvalue weighted by atomic mass is 10.1. The molecule has 0 unspecified atom stereocenters. The fourth-order valence-corrected chi connectivity index (χ4v) is 4.51. The van der Waals surface area contributed by atoms with Crippen molar-refractivity contribution in [1.82, 2.24) is 15.3 Å². The number of nitrogens with one attached hydrogen (secondary N) is 2. The third-order valence-electron chi connectivity index (χ3n) is 4.86. The monoisotopic (exact) mass is 493 g/mol. The van der Waals surface area contributed by atoms with E-state index in [2.05, 4.69) is 10.6 Å². The summed E-state index contributed by atoms with van der Waals surface area (Å²) < 4.78 is 0. The zero-order valence-electron chi connectivity index (χ0n) is 19.0. The maximum Gasteiger partial charge on any atom is 0.263 e. The maximum absolute atomic E-state index is 13.0. The molecule has 4 aromatic rings. The second-order valence-corrected chi connectivity index (χ2v) is 10.0. The van der Waals surface area contributed by atoms with Crippen LogP contribution in [0.25, 0.3) is 32.9 Å². The number of anilines is 2. The van der Waals surface area contributed by atoms with Crippen LogP contribution in [0.3, 0.4) is 0 Å². The minimum atomic E-state index is -0.418. The number of aromatic nitrogens is 2. The lowest BCUT2D eigenvalue weighted by Gasteiger charge is -2.20. The van der Waals surface area contributed by atoms with Gasteiger partial charge >= 0.3 is 0 Å². The first-order chi connectivity index (χ1) is 16.2. The normalized spacial score (nSPS) is 11.4. The third-order valence-corrected chi connectivity index (χ3v) is 6.20. The number of fused-ring (bicyclic) bond motifs is 1. The van der Waals surface area contributed by atoms with Gasteiger partial charge in [-0.2, -0.15) is 0 Å². The Bertz CT molecular complexity index is 1380. The molecule has 34 heavy (non-hydrogen) atoms. The Morgan fingerprint density at radius 3 is 2.41 bits per heavy atom. The van der Waals surface area contributed by atoms with Gasteiger partial charge in [-0.25, -0.2) is 9.97 Å². The standard InChI is InChI=1S/C25H24ClN5O2S/c1-25(2,3)31-23(33)21-19(27)18-20(15-10-7-11-16(12-15)28-17(32)13-26)29-22(30-24(18)34-21)14-8-5-4-6-9-14/h4-12H,13,27H2,1-3H3,(H,28,32)(H,31,33). The summed E-state index contributed by atoms with van der Waals surface area (Å²) >= 11 is 6.87. The van der Waals surface area contributed by atoms with E-state index in [1.54, 1.807) is 12.1 Å². The highest BCUT2D eigenvalue weighted by Gasteiger charge is 2.25. The predicted molar refractivity (Wildman–Crippen MR) is 139 cm³/mol. The number of nitrogen functional groups attached to an aromatic ring is 1. The lowest BCUT2D eigenvalue weighted by Crippen LogP contribution is -2.40. The van der Waals surface area contributed by atoms with Crippen LogP contribution in [0, 0.1) is 0 Å². The van der Waals surface area contributed by atoms with E-state index in [9.17, 15) is 9.59 Å². The molecule has 2 aromatic heterocycles. The number of hydrogen-bond acceptors (Lipinski definition) is 6. The number of benzene rings is 2. The summed E-state index contributed by atoms with van der Waals surface area (Å²) in [6, 6.07) is 16.8. The molecule has 0 saturated carbocycles. The molecule has 0 radical (unpaired) electrons. The molecule has 174 valence electrons. The van der Waals surface area contributed by atoms with Crippen LogP contribution in [0.4, 0.5) is 11.4 Å². The summed E-state index contributed by atoms with van der Waals surface area (Å²) in [4.78, 5) is 35.3. The van der Waals surface area contributed by atoms with Crippen molar-refractivity contribution in [3.05, 3.63) is 59.5 Å². The molecule has 0 aliphatic heterocycles. The molecule has 0 spiro atoms. The van der Waals surface area contributed by atoms with Crippen LogP contribution in [0.15, 0.2) is 54.6 Å². The Kier molecular flexibility index (Phi) is 6.54. The van der Waals surface area contributed by atoms with Gasteiger partial charge in [0.25, 0.3) is 5.91 Å². The molecule has 0 saturated heterocycles. The second kappa shape index (κ2) is 9.40. The van der Waals surface area contributed by atoms with E-state index in [1.165, 1.54) is 11.3 Å². The number of thiophene rings is 1.